The predicted octanol–water partition coefficient (Wildman–Crippen LogP) is 8.44. The lowest BCUT2D eigenvalue weighted by atomic mass is 10.1. The smallest absolute Gasteiger partial charge is 0.253 e. The van der Waals surface area contributed by atoms with E-state index in [1.54, 1.807) is 6.07 Å². The van der Waals surface area contributed by atoms with Crippen molar-refractivity contribution in [2.24, 2.45) is 5.73 Å². The molecule has 7 N–H and O–H groups in total. The van der Waals surface area contributed by atoms with Crippen molar-refractivity contribution in [2.45, 2.75) is 25.9 Å². The van der Waals surface area contributed by atoms with Crippen LogP contribution in [0.3, 0.4) is 0 Å². The summed E-state index contributed by atoms with van der Waals surface area (Å²) in [6.07, 6.45) is 1.64. The van der Waals surface area contributed by atoms with Gasteiger partial charge in [-0.3, -0.25) is 9.59 Å². The van der Waals surface area contributed by atoms with Crippen LogP contribution in [0.4, 0.5) is 5.82 Å². The number of rotatable bonds is 6. The molecule has 6 heterocycles. The summed E-state index contributed by atoms with van der Waals surface area (Å²) in [5.74, 6) is 0.796. The van der Waals surface area contributed by atoms with Gasteiger partial charge in [-0.05, 0) is 47.5 Å². The van der Waals surface area contributed by atoms with Crippen molar-refractivity contribution < 1.29 is 9.59 Å². The third kappa shape index (κ3) is 8.42. The van der Waals surface area contributed by atoms with Crippen LogP contribution in [0.25, 0.3) is 44.3 Å². The fraction of sp³-hybridized carbons (Fsp3) is 0.130. The topological polar surface area (TPSA) is 154 Å². The van der Waals surface area contributed by atoms with E-state index in [1.807, 2.05) is 103 Å². The highest BCUT2D eigenvalue weighted by Crippen LogP contribution is 2.32. The molecule has 2 aliphatic rings. The zero-order valence-electron chi connectivity index (χ0n) is 31.1. The number of aromatic amines is 2. The first-order chi connectivity index (χ1) is 27.9. The molecule has 0 atom stereocenters. The SMILES string of the molecule is NCc1ccccc1.O=C1NCCc2[nH]c(-c3cccc4ccc(Cl)nc34)cc21.O=C1NCCc2[nH]c(-c3cccc4ccc(NCc5ccccc5)nc34)cc21. The van der Waals surface area contributed by atoms with Crippen molar-refractivity contribution >= 4 is 51.0 Å². The number of nitrogens with one attached hydrogen (secondary N) is 5. The highest BCUT2D eigenvalue weighted by atomic mass is 35.5. The molecule has 10 rings (SSSR count). The molecule has 0 radical (unpaired) electrons. The van der Waals surface area contributed by atoms with E-state index in [0.717, 1.165) is 92.0 Å². The second-order valence-corrected chi connectivity index (χ2v) is 14.2. The van der Waals surface area contributed by atoms with Gasteiger partial charge in [0, 0.05) is 83.7 Å². The summed E-state index contributed by atoms with van der Waals surface area (Å²) < 4.78 is 0. The second kappa shape index (κ2) is 16.9. The number of carbonyl (C=O) groups is 2. The minimum absolute atomic E-state index is 0.0119. The number of hydrogen-bond donors (Lipinski definition) is 6. The molecule has 2 amide bonds. The summed E-state index contributed by atoms with van der Waals surface area (Å²) in [4.78, 5) is 40.0. The number of aromatic nitrogens is 4. The van der Waals surface area contributed by atoms with Crippen LogP contribution in [0.5, 0.6) is 0 Å². The van der Waals surface area contributed by atoms with Crippen molar-refractivity contribution in [2.75, 3.05) is 18.4 Å². The number of nitrogens with two attached hydrogens (primary N) is 1. The predicted molar refractivity (Wildman–Crippen MR) is 228 cm³/mol. The van der Waals surface area contributed by atoms with E-state index in [-0.39, 0.29) is 11.8 Å². The van der Waals surface area contributed by atoms with Gasteiger partial charge in [0.15, 0.2) is 0 Å². The Bertz CT molecular complexity index is 2690. The number of nitrogens with zero attached hydrogens (tertiary/aromatic N) is 2. The lowest BCUT2D eigenvalue weighted by Crippen LogP contribution is -2.31. The average molecular weight is 773 g/mol. The van der Waals surface area contributed by atoms with Gasteiger partial charge < -0.3 is 31.7 Å². The van der Waals surface area contributed by atoms with Gasteiger partial charge in [0.25, 0.3) is 11.8 Å². The summed E-state index contributed by atoms with van der Waals surface area (Å²) in [6.45, 7) is 2.71. The Morgan fingerprint density at radius 2 is 1.11 bits per heavy atom. The Labute approximate surface area is 334 Å². The summed E-state index contributed by atoms with van der Waals surface area (Å²) in [5.41, 5.74) is 16.7. The van der Waals surface area contributed by atoms with Gasteiger partial charge in [-0.25, -0.2) is 9.97 Å². The summed E-state index contributed by atoms with van der Waals surface area (Å²) in [6, 6.07) is 44.0. The van der Waals surface area contributed by atoms with E-state index in [0.29, 0.717) is 24.8 Å². The average Bonchev–Trinajstić information content (AvgIpc) is 3.90. The minimum Gasteiger partial charge on any atom is -0.366 e. The molecule has 11 heteroatoms. The molecule has 0 bridgehead atoms. The van der Waals surface area contributed by atoms with Crippen LogP contribution in [0.15, 0.2) is 133 Å². The number of pyridine rings is 2. The van der Waals surface area contributed by atoms with Crippen molar-refractivity contribution in [3.05, 3.63) is 172 Å². The van der Waals surface area contributed by atoms with E-state index in [9.17, 15) is 9.59 Å². The van der Waals surface area contributed by atoms with Crippen molar-refractivity contribution in [3.8, 4) is 22.5 Å². The quantitative estimate of drug-likeness (QED) is 0.0933. The molecule has 57 heavy (non-hydrogen) atoms. The van der Waals surface area contributed by atoms with Gasteiger partial charge in [0.2, 0.25) is 0 Å². The third-order valence-corrected chi connectivity index (χ3v) is 10.2. The fourth-order valence-electron chi connectivity index (χ4n) is 7.08. The van der Waals surface area contributed by atoms with Crippen LogP contribution in [-0.4, -0.2) is 44.8 Å². The number of H-pyrrole nitrogens is 2. The van der Waals surface area contributed by atoms with Crippen LogP contribution in [0, 0.1) is 0 Å². The Kier molecular flexibility index (Phi) is 11.1. The lowest BCUT2D eigenvalue weighted by molar-refractivity contribution is 0.0937. The van der Waals surface area contributed by atoms with E-state index < -0.39 is 0 Å². The zero-order valence-corrected chi connectivity index (χ0v) is 31.9. The number of amides is 2. The van der Waals surface area contributed by atoms with E-state index in [2.05, 4.69) is 55.2 Å². The molecule has 0 saturated carbocycles. The summed E-state index contributed by atoms with van der Waals surface area (Å²) in [5, 5.41) is 11.7. The lowest BCUT2D eigenvalue weighted by Gasteiger charge is -2.11. The van der Waals surface area contributed by atoms with E-state index >= 15 is 0 Å². The maximum Gasteiger partial charge on any atom is 0.253 e. The maximum absolute atomic E-state index is 12.1. The van der Waals surface area contributed by atoms with Gasteiger partial charge in [-0.15, -0.1) is 0 Å². The van der Waals surface area contributed by atoms with Crippen LogP contribution >= 0.6 is 11.6 Å². The van der Waals surface area contributed by atoms with Crippen LogP contribution in [-0.2, 0) is 25.9 Å². The number of hydrogen-bond acceptors (Lipinski definition) is 6. The Hall–Kier alpha value is -6.75. The molecular weight excluding hydrogens is 732 g/mol. The second-order valence-electron chi connectivity index (χ2n) is 13.8. The molecule has 0 unspecified atom stereocenters. The zero-order chi connectivity index (χ0) is 39.1. The maximum atomic E-state index is 12.1. The summed E-state index contributed by atoms with van der Waals surface area (Å²) in [7, 11) is 0. The largest absolute Gasteiger partial charge is 0.366 e. The molecule has 0 fully saturated rings. The summed E-state index contributed by atoms with van der Waals surface area (Å²) >= 11 is 6.02. The molecule has 2 aliphatic heterocycles. The number of benzene rings is 4. The normalized spacial score (nSPS) is 12.9. The molecule has 8 aromatic rings. The number of carbonyl (C=O) groups excluding carboxylic acids is 2. The molecule has 0 aliphatic carbocycles. The van der Waals surface area contributed by atoms with Gasteiger partial charge >= 0.3 is 0 Å². The number of para-hydroxylation sites is 2. The molecule has 284 valence electrons. The van der Waals surface area contributed by atoms with Crippen molar-refractivity contribution in [1.82, 2.24) is 30.6 Å². The van der Waals surface area contributed by atoms with Gasteiger partial charge in [-0.1, -0.05) is 109 Å². The molecular formula is C46H41ClN8O2. The third-order valence-electron chi connectivity index (χ3n) is 9.99. The van der Waals surface area contributed by atoms with E-state index in [1.165, 1.54) is 11.1 Å². The highest BCUT2D eigenvalue weighted by Gasteiger charge is 2.22. The highest BCUT2D eigenvalue weighted by molar-refractivity contribution is 6.29. The first kappa shape index (κ1) is 37.2. The number of fused-ring (bicyclic) bond motifs is 4. The van der Waals surface area contributed by atoms with Crippen LogP contribution in [0.2, 0.25) is 5.15 Å². The van der Waals surface area contributed by atoms with Gasteiger partial charge in [-0.2, -0.15) is 0 Å². The molecule has 4 aromatic heterocycles. The number of anilines is 1. The first-order valence-electron chi connectivity index (χ1n) is 18.9. The van der Waals surface area contributed by atoms with Crippen molar-refractivity contribution in [3.63, 3.8) is 0 Å². The Balaban J connectivity index is 0.000000137. The molecule has 0 spiro atoms. The van der Waals surface area contributed by atoms with E-state index in [4.69, 9.17) is 22.3 Å². The fourth-order valence-corrected chi connectivity index (χ4v) is 7.23. The van der Waals surface area contributed by atoms with Gasteiger partial charge in [0.05, 0.1) is 22.2 Å². The monoisotopic (exact) mass is 772 g/mol. The molecule has 4 aromatic carbocycles. The molecule has 10 nitrogen and oxygen atoms in total. The standard InChI is InChI=1S/C23H20N4O.C16H12ClN3O.C7H9N/c28-23-18-13-20(26-19(18)11-12-24-23)17-8-4-7-16-9-10-21(27-22(16)17)25-14-15-5-2-1-3-6-15;17-14-5-4-9-2-1-3-10(15(9)20-14)13-8-11-12(19-13)6-7-18-16(11)21;8-6-7-4-2-1-3-5-7/h1-10,13,26H,11-12,14H2,(H,24,28)(H,25,27);1-5,8,19H,6-7H2,(H,18,21);1-5H,6,8H2. The van der Waals surface area contributed by atoms with Crippen LogP contribution < -0.4 is 21.7 Å². The Morgan fingerprint density at radius 3 is 1.63 bits per heavy atom. The molecule has 0 saturated heterocycles. The van der Waals surface area contributed by atoms with Gasteiger partial charge in [0.1, 0.15) is 11.0 Å². The Morgan fingerprint density at radius 1 is 0.579 bits per heavy atom. The minimum atomic E-state index is -0.0232. The van der Waals surface area contributed by atoms with Crippen molar-refractivity contribution in [1.29, 1.82) is 0 Å². The van der Waals surface area contributed by atoms with Crippen LogP contribution in [0.1, 0.15) is 43.2 Å². The first-order valence-corrected chi connectivity index (χ1v) is 19.3. The number of halogens is 1.